The van der Waals surface area contributed by atoms with Crippen LogP contribution in [0.2, 0.25) is 0 Å². The van der Waals surface area contributed by atoms with Crippen molar-refractivity contribution in [1.29, 1.82) is 0 Å². The van der Waals surface area contributed by atoms with Crippen LogP contribution in [-0.2, 0) is 24.3 Å². The summed E-state index contributed by atoms with van der Waals surface area (Å²) in [5.41, 5.74) is 0.337. The number of hydrogen-bond acceptors (Lipinski definition) is 6. The Kier molecular flexibility index (Phi) is 7.48. The molecular formula is C22H30N2O6S. The molecule has 1 aliphatic heterocycles. The first kappa shape index (κ1) is 23.4. The lowest BCUT2D eigenvalue weighted by atomic mass is 9.98. The van der Waals surface area contributed by atoms with Gasteiger partial charge in [-0.05, 0) is 51.7 Å². The highest BCUT2D eigenvalue weighted by molar-refractivity contribution is 7.89. The van der Waals surface area contributed by atoms with Gasteiger partial charge in [-0.25, -0.2) is 8.42 Å². The highest BCUT2D eigenvalue weighted by Gasteiger charge is 2.34. The molecule has 3 rings (SSSR count). The zero-order valence-electron chi connectivity index (χ0n) is 18.0. The number of carbonyl (C=O) groups excluding carboxylic acids is 3. The minimum atomic E-state index is -3.75. The largest absolute Gasteiger partial charge is 0.452 e. The molecule has 1 saturated carbocycles. The van der Waals surface area contributed by atoms with E-state index in [0.717, 1.165) is 25.7 Å². The molecule has 8 nitrogen and oxygen atoms in total. The Hall–Kier alpha value is -2.26. The molecule has 31 heavy (non-hydrogen) atoms. The van der Waals surface area contributed by atoms with Gasteiger partial charge in [0.1, 0.15) is 0 Å². The van der Waals surface area contributed by atoms with Gasteiger partial charge in [0.05, 0.1) is 10.8 Å². The number of benzene rings is 1. The van der Waals surface area contributed by atoms with Gasteiger partial charge in [0.2, 0.25) is 10.0 Å². The van der Waals surface area contributed by atoms with Crippen LogP contribution in [0.3, 0.4) is 0 Å². The highest BCUT2D eigenvalue weighted by Crippen LogP contribution is 2.26. The van der Waals surface area contributed by atoms with E-state index in [9.17, 15) is 22.8 Å². The summed E-state index contributed by atoms with van der Waals surface area (Å²) in [6.45, 7) is 3.30. The van der Waals surface area contributed by atoms with Crippen LogP contribution < -0.4 is 5.32 Å². The molecule has 0 aromatic heterocycles. The van der Waals surface area contributed by atoms with Gasteiger partial charge in [-0.3, -0.25) is 14.4 Å². The number of hydrogen-bond donors (Lipinski definition) is 1. The molecule has 1 atom stereocenters. The van der Waals surface area contributed by atoms with E-state index in [2.05, 4.69) is 5.32 Å². The molecule has 1 aromatic carbocycles. The van der Waals surface area contributed by atoms with Gasteiger partial charge in [-0.15, -0.1) is 0 Å². The molecule has 2 aliphatic rings. The van der Waals surface area contributed by atoms with E-state index in [1.165, 1.54) is 23.4 Å². The molecule has 1 unspecified atom stereocenters. The molecule has 0 bridgehead atoms. The summed E-state index contributed by atoms with van der Waals surface area (Å²) in [6, 6.07) is 6.12. The number of piperidine rings is 1. The highest BCUT2D eigenvalue weighted by atomic mass is 32.2. The molecule has 9 heteroatoms. The van der Waals surface area contributed by atoms with Crippen LogP contribution in [0, 0.1) is 5.92 Å². The lowest BCUT2D eigenvalue weighted by molar-refractivity contribution is -0.160. The number of Topliss-reactive ketones (excluding diaryl/α,β-unsaturated/α-hetero) is 1. The van der Waals surface area contributed by atoms with Crippen molar-refractivity contribution in [2.45, 2.75) is 69.4 Å². The van der Waals surface area contributed by atoms with E-state index >= 15 is 0 Å². The number of ketones is 1. The van der Waals surface area contributed by atoms with E-state index < -0.39 is 28.0 Å². The maximum Gasteiger partial charge on any atom is 0.309 e. The Morgan fingerprint density at radius 1 is 1.10 bits per heavy atom. The molecule has 1 heterocycles. The smallest absolute Gasteiger partial charge is 0.309 e. The molecule has 2 fully saturated rings. The van der Waals surface area contributed by atoms with Crippen molar-refractivity contribution >= 4 is 27.7 Å². The summed E-state index contributed by atoms with van der Waals surface area (Å²) in [6.07, 6.45) is 3.87. The number of nitrogens with zero attached hydrogens (tertiary/aromatic N) is 1. The number of amides is 1. The Morgan fingerprint density at radius 2 is 1.74 bits per heavy atom. The topological polar surface area (TPSA) is 110 Å². The number of esters is 1. The summed E-state index contributed by atoms with van der Waals surface area (Å²) in [5, 5.41) is 2.92. The minimum Gasteiger partial charge on any atom is -0.452 e. The van der Waals surface area contributed by atoms with Gasteiger partial charge in [-0.1, -0.05) is 25.0 Å². The first-order chi connectivity index (χ1) is 14.7. The second-order valence-electron chi connectivity index (χ2n) is 8.33. The molecule has 0 radical (unpaired) electrons. The number of carbonyl (C=O) groups is 3. The third-order valence-corrected chi connectivity index (χ3v) is 7.92. The van der Waals surface area contributed by atoms with Crippen molar-refractivity contribution in [2.24, 2.45) is 5.92 Å². The zero-order valence-corrected chi connectivity index (χ0v) is 18.8. The second kappa shape index (κ2) is 9.91. The summed E-state index contributed by atoms with van der Waals surface area (Å²) >= 11 is 0. The normalized spacial score (nSPS) is 19.7. The number of ether oxygens (including phenoxy) is 1. The van der Waals surface area contributed by atoms with Crippen LogP contribution in [0.4, 0.5) is 0 Å². The van der Waals surface area contributed by atoms with Crippen LogP contribution in [0.15, 0.2) is 29.2 Å². The van der Waals surface area contributed by atoms with Crippen molar-refractivity contribution in [3.05, 3.63) is 29.8 Å². The number of nitrogens with one attached hydrogen (secondary N) is 1. The van der Waals surface area contributed by atoms with Crippen LogP contribution in [0.25, 0.3) is 0 Å². The summed E-state index contributed by atoms with van der Waals surface area (Å²) in [5.74, 6) is -1.41. The molecule has 1 N–H and O–H groups in total. The van der Waals surface area contributed by atoms with E-state index in [0.29, 0.717) is 18.4 Å². The van der Waals surface area contributed by atoms with Crippen LogP contribution in [0.1, 0.15) is 62.7 Å². The molecule has 1 amide bonds. The number of rotatable bonds is 7. The third-order valence-electron chi connectivity index (χ3n) is 6.03. The lowest BCUT2D eigenvalue weighted by Crippen LogP contribution is -2.44. The average Bonchev–Trinajstić information content (AvgIpc) is 3.26. The molecular weight excluding hydrogens is 420 g/mol. The van der Waals surface area contributed by atoms with Crippen molar-refractivity contribution < 1.29 is 27.5 Å². The molecule has 0 spiro atoms. The van der Waals surface area contributed by atoms with Crippen molar-refractivity contribution in [3.8, 4) is 0 Å². The average molecular weight is 451 g/mol. The second-order valence-corrected chi connectivity index (χ2v) is 10.3. The summed E-state index contributed by atoms with van der Waals surface area (Å²) in [7, 11) is -3.75. The van der Waals surface area contributed by atoms with E-state index in [4.69, 9.17) is 4.74 Å². The van der Waals surface area contributed by atoms with Crippen LogP contribution >= 0.6 is 0 Å². The molecule has 1 saturated heterocycles. The summed E-state index contributed by atoms with van der Waals surface area (Å²) in [4.78, 5) is 36.4. The first-order valence-corrected chi connectivity index (χ1v) is 12.2. The van der Waals surface area contributed by atoms with Crippen molar-refractivity contribution in [2.75, 3.05) is 13.1 Å². The zero-order chi connectivity index (χ0) is 22.6. The van der Waals surface area contributed by atoms with Crippen molar-refractivity contribution in [3.63, 3.8) is 0 Å². The lowest BCUT2D eigenvalue weighted by Gasteiger charge is -2.30. The Balaban J connectivity index is 1.53. The minimum absolute atomic E-state index is 0.0680. The van der Waals surface area contributed by atoms with Gasteiger partial charge in [0.15, 0.2) is 11.9 Å². The van der Waals surface area contributed by atoms with Gasteiger partial charge < -0.3 is 10.1 Å². The predicted octanol–water partition coefficient (Wildman–Crippen LogP) is 2.28. The van der Waals surface area contributed by atoms with E-state index in [-0.39, 0.29) is 35.7 Å². The quantitative estimate of drug-likeness (QED) is 0.504. The van der Waals surface area contributed by atoms with Crippen LogP contribution in [0.5, 0.6) is 0 Å². The van der Waals surface area contributed by atoms with Gasteiger partial charge in [-0.2, -0.15) is 4.31 Å². The Morgan fingerprint density at radius 3 is 2.35 bits per heavy atom. The van der Waals surface area contributed by atoms with Gasteiger partial charge in [0.25, 0.3) is 5.91 Å². The number of sulfonamides is 1. The Labute approximate surface area is 183 Å². The van der Waals surface area contributed by atoms with Crippen molar-refractivity contribution in [1.82, 2.24) is 9.62 Å². The van der Waals surface area contributed by atoms with Gasteiger partial charge in [0, 0.05) is 24.7 Å². The van der Waals surface area contributed by atoms with E-state index in [1.807, 2.05) is 0 Å². The third kappa shape index (κ3) is 5.71. The molecule has 1 aliphatic carbocycles. The Bertz CT molecular complexity index is 931. The van der Waals surface area contributed by atoms with E-state index in [1.54, 1.807) is 19.1 Å². The first-order valence-electron chi connectivity index (χ1n) is 10.8. The van der Waals surface area contributed by atoms with Crippen LogP contribution in [-0.4, -0.2) is 55.6 Å². The fourth-order valence-electron chi connectivity index (χ4n) is 4.07. The maximum atomic E-state index is 12.9. The fraction of sp³-hybridized carbons (Fsp3) is 0.591. The predicted molar refractivity (Wildman–Crippen MR) is 114 cm³/mol. The van der Waals surface area contributed by atoms with Gasteiger partial charge >= 0.3 is 5.97 Å². The standard InChI is InChI=1S/C22H30N2O6S/c1-15(25)18-6-5-9-20(14-18)31(28,29)24-12-10-17(11-13-24)22(27)30-16(2)21(26)23-19-7-3-4-8-19/h5-6,9,14,16-17,19H,3-4,7-8,10-13H2,1-2H3,(H,23,26). The SMILES string of the molecule is CC(=O)c1cccc(S(=O)(=O)N2CCC(C(=O)OC(C)C(=O)NC3CCCC3)CC2)c1. The molecule has 170 valence electrons. The fourth-order valence-corrected chi connectivity index (χ4v) is 5.59. The maximum absolute atomic E-state index is 12.9. The summed E-state index contributed by atoms with van der Waals surface area (Å²) < 4.78 is 32.5. The molecule has 1 aromatic rings. The monoisotopic (exact) mass is 450 g/mol.